The second-order valence-corrected chi connectivity index (χ2v) is 8.84. The highest BCUT2D eigenvalue weighted by Gasteiger charge is 2.37. The molecule has 0 unspecified atom stereocenters. The minimum absolute atomic E-state index is 0.0500. The Bertz CT molecular complexity index is 966. The maximum absolute atomic E-state index is 13.1. The molecule has 0 amide bonds. The van der Waals surface area contributed by atoms with Gasteiger partial charge in [-0.05, 0) is 46.3 Å². The van der Waals surface area contributed by atoms with Crippen molar-refractivity contribution >= 4 is 42.9 Å². The zero-order valence-corrected chi connectivity index (χ0v) is 16.2. The van der Waals surface area contributed by atoms with E-state index in [9.17, 15) is 13.2 Å². The van der Waals surface area contributed by atoms with E-state index >= 15 is 0 Å². The number of rotatable bonds is 2. The zero-order chi connectivity index (χ0) is 17.8. The number of anilines is 2. The summed E-state index contributed by atoms with van der Waals surface area (Å²) in [5.74, 6) is -0.280. The lowest BCUT2D eigenvalue weighted by atomic mass is 10.0. The fourth-order valence-electron chi connectivity index (χ4n) is 2.71. The minimum Gasteiger partial charge on any atom is -0.378 e. The van der Waals surface area contributed by atoms with Crippen LogP contribution < -0.4 is 9.80 Å². The number of hydrogen-bond donors (Lipinski definition) is 0. The predicted octanol–water partition coefficient (Wildman–Crippen LogP) is 2.96. The number of carbonyl (C=O) groups excluding carboxylic acids is 1. The first-order valence-electron chi connectivity index (χ1n) is 7.26. The molecular weight excluding hydrogens is 392 g/mol. The van der Waals surface area contributed by atoms with Crippen LogP contribution in [0.15, 0.2) is 44.6 Å². The minimum atomic E-state index is -3.77. The highest BCUT2D eigenvalue weighted by atomic mass is 79.9. The average Bonchev–Trinajstić information content (AvgIpc) is 2.51. The molecule has 0 saturated heterocycles. The summed E-state index contributed by atoms with van der Waals surface area (Å²) in [7, 11) is 3.53. The first-order chi connectivity index (χ1) is 11.1. The van der Waals surface area contributed by atoms with E-state index in [4.69, 9.17) is 0 Å². The molecule has 0 atom stereocenters. The number of fused-ring (bicyclic) bond motifs is 2. The van der Waals surface area contributed by atoms with Gasteiger partial charge in [-0.3, -0.25) is 4.79 Å². The highest BCUT2D eigenvalue weighted by Crippen LogP contribution is 2.41. The topological polar surface area (TPSA) is 57.7 Å². The molecule has 0 saturated carbocycles. The number of sulfone groups is 1. The van der Waals surface area contributed by atoms with E-state index in [1.54, 1.807) is 35.2 Å². The molecule has 2 aromatic rings. The van der Waals surface area contributed by atoms with Crippen LogP contribution in [0.4, 0.5) is 11.4 Å². The van der Waals surface area contributed by atoms with Crippen LogP contribution >= 0.6 is 15.9 Å². The van der Waals surface area contributed by atoms with Gasteiger partial charge in [0.15, 0.2) is 5.78 Å². The second-order valence-electron chi connectivity index (χ2n) is 6.10. The van der Waals surface area contributed by atoms with Crippen LogP contribution in [0.5, 0.6) is 0 Å². The van der Waals surface area contributed by atoms with Crippen molar-refractivity contribution < 1.29 is 13.2 Å². The third-order valence-electron chi connectivity index (χ3n) is 4.09. The lowest BCUT2D eigenvalue weighted by Crippen LogP contribution is -2.22. The van der Waals surface area contributed by atoms with Crippen molar-refractivity contribution in [1.82, 2.24) is 0 Å². The first kappa shape index (κ1) is 17.0. The lowest BCUT2D eigenvalue weighted by molar-refractivity contribution is 0.103. The van der Waals surface area contributed by atoms with Crippen LogP contribution in [-0.4, -0.2) is 42.4 Å². The summed E-state index contributed by atoms with van der Waals surface area (Å²) in [5.41, 5.74) is 1.86. The smallest absolute Gasteiger partial charge is 0.208 e. The Morgan fingerprint density at radius 3 is 2.04 bits per heavy atom. The molecule has 7 heteroatoms. The van der Waals surface area contributed by atoms with E-state index in [1.165, 1.54) is 0 Å². The SMILES string of the molecule is CN(C)c1ccc2c(c1)S(=O)(=O)c1cc(N(C)C)cc(Br)c1C2=O. The summed E-state index contributed by atoms with van der Waals surface area (Å²) in [6.45, 7) is 0. The van der Waals surface area contributed by atoms with Crippen molar-refractivity contribution in [1.29, 1.82) is 0 Å². The molecule has 0 fully saturated rings. The first-order valence-corrected chi connectivity index (χ1v) is 9.54. The van der Waals surface area contributed by atoms with Crippen LogP contribution in [0, 0.1) is 0 Å². The van der Waals surface area contributed by atoms with Crippen LogP contribution in [0.3, 0.4) is 0 Å². The summed E-state index contributed by atoms with van der Waals surface area (Å²) < 4.78 is 26.8. The number of hydrogen-bond acceptors (Lipinski definition) is 5. The van der Waals surface area contributed by atoms with Gasteiger partial charge in [-0.1, -0.05) is 0 Å². The zero-order valence-electron chi connectivity index (χ0n) is 13.8. The Kier molecular flexibility index (Phi) is 3.96. The van der Waals surface area contributed by atoms with Gasteiger partial charge in [0.2, 0.25) is 9.84 Å². The van der Waals surface area contributed by atoms with Crippen LogP contribution in [0.2, 0.25) is 0 Å². The van der Waals surface area contributed by atoms with Gasteiger partial charge in [0, 0.05) is 49.6 Å². The van der Waals surface area contributed by atoms with E-state index in [0.29, 0.717) is 10.2 Å². The Morgan fingerprint density at radius 2 is 1.46 bits per heavy atom. The quantitative estimate of drug-likeness (QED) is 0.652. The van der Waals surface area contributed by atoms with Crippen molar-refractivity contribution in [2.45, 2.75) is 9.79 Å². The number of halogens is 1. The Balaban J connectivity index is 2.36. The van der Waals surface area contributed by atoms with Gasteiger partial charge in [-0.15, -0.1) is 0 Å². The van der Waals surface area contributed by atoms with E-state index in [1.807, 2.05) is 33.1 Å². The van der Waals surface area contributed by atoms with Gasteiger partial charge in [-0.25, -0.2) is 8.42 Å². The van der Waals surface area contributed by atoms with Gasteiger partial charge in [0.25, 0.3) is 0 Å². The Hall–Kier alpha value is -1.86. The Morgan fingerprint density at radius 1 is 0.875 bits per heavy atom. The molecular formula is C17H17BrN2O3S. The normalized spacial score (nSPS) is 14.8. The number of nitrogens with zero attached hydrogens (tertiary/aromatic N) is 2. The van der Waals surface area contributed by atoms with Gasteiger partial charge in [0.1, 0.15) is 0 Å². The number of carbonyl (C=O) groups is 1. The van der Waals surface area contributed by atoms with Crippen molar-refractivity contribution in [3.63, 3.8) is 0 Å². The Labute approximate surface area is 149 Å². The molecule has 24 heavy (non-hydrogen) atoms. The molecule has 2 aromatic carbocycles. The fraction of sp³-hybridized carbons (Fsp3) is 0.235. The van der Waals surface area contributed by atoms with E-state index < -0.39 is 9.84 Å². The standard InChI is InChI=1S/C17H17BrN2O3S/c1-19(2)10-5-6-12-14(8-10)24(22,23)15-9-11(20(3)4)7-13(18)16(15)17(12)21/h5-9H,1-4H3. The lowest BCUT2D eigenvalue weighted by Gasteiger charge is -2.24. The van der Waals surface area contributed by atoms with Crippen molar-refractivity contribution in [2.75, 3.05) is 38.0 Å². The van der Waals surface area contributed by atoms with E-state index in [-0.39, 0.29) is 26.7 Å². The second kappa shape index (κ2) is 5.60. The van der Waals surface area contributed by atoms with Crippen molar-refractivity contribution in [3.05, 3.63) is 45.9 Å². The third kappa shape index (κ3) is 2.43. The van der Waals surface area contributed by atoms with Crippen molar-refractivity contribution in [3.8, 4) is 0 Å². The summed E-state index contributed by atoms with van der Waals surface area (Å²) in [4.78, 5) is 16.6. The molecule has 1 aliphatic heterocycles. The molecule has 0 aromatic heterocycles. The maximum Gasteiger partial charge on any atom is 0.208 e. The molecule has 0 spiro atoms. The predicted molar refractivity (Wildman–Crippen MR) is 98.1 cm³/mol. The molecule has 5 nitrogen and oxygen atoms in total. The van der Waals surface area contributed by atoms with Gasteiger partial charge < -0.3 is 9.80 Å². The largest absolute Gasteiger partial charge is 0.378 e. The average molecular weight is 409 g/mol. The molecule has 126 valence electrons. The highest BCUT2D eigenvalue weighted by molar-refractivity contribution is 9.10. The summed E-state index contributed by atoms with van der Waals surface area (Å²) >= 11 is 3.36. The number of benzene rings is 2. The summed E-state index contributed by atoms with van der Waals surface area (Å²) in [6, 6.07) is 8.20. The molecule has 0 N–H and O–H groups in total. The molecule has 0 bridgehead atoms. The van der Waals surface area contributed by atoms with Crippen LogP contribution in [0.25, 0.3) is 0 Å². The van der Waals surface area contributed by atoms with Crippen molar-refractivity contribution in [2.24, 2.45) is 0 Å². The number of ketones is 1. The van der Waals surface area contributed by atoms with Gasteiger partial charge >= 0.3 is 0 Å². The van der Waals surface area contributed by atoms with E-state index in [0.717, 1.165) is 5.69 Å². The summed E-state index contributed by atoms with van der Waals surface area (Å²) in [5, 5.41) is 0. The van der Waals surface area contributed by atoms with Crippen LogP contribution in [0.1, 0.15) is 15.9 Å². The monoisotopic (exact) mass is 408 g/mol. The molecule has 1 aliphatic rings. The van der Waals surface area contributed by atoms with E-state index in [2.05, 4.69) is 15.9 Å². The summed E-state index contributed by atoms with van der Waals surface area (Å²) in [6.07, 6.45) is 0. The van der Waals surface area contributed by atoms with Gasteiger partial charge in [-0.2, -0.15) is 0 Å². The molecule has 1 heterocycles. The fourth-order valence-corrected chi connectivity index (χ4v) is 5.18. The van der Waals surface area contributed by atoms with Gasteiger partial charge in [0.05, 0.1) is 15.4 Å². The molecule has 3 rings (SSSR count). The third-order valence-corrected chi connectivity index (χ3v) is 6.53. The molecule has 0 radical (unpaired) electrons. The molecule has 0 aliphatic carbocycles. The maximum atomic E-state index is 13.1. The van der Waals surface area contributed by atoms with Crippen LogP contribution in [-0.2, 0) is 9.84 Å².